The number of hydrogen-bond acceptors (Lipinski definition) is 5. The molecule has 1 heterocycles. The van der Waals surface area contributed by atoms with Gasteiger partial charge in [0.05, 0.1) is 16.5 Å². The Balaban J connectivity index is 1.55. The molecule has 0 aromatic heterocycles. The molecule has 0 radical (unpaired) electrons. The second-order valence-corrected chi connectivity index (χ2v) is 12.2. The quantitative estimate of drug-likeness (QED) is 0.556. The van der Waals surface area contributed by atoms with Crippen molar-refractivity contribution in [3.05, 3.63) is 88.5 Å². The van der Waals surface area contributed by atoms with Crippen LogP contribution in [0.3, 0.4) is 0 Å². The number of carbonyl (C=O) groups excluding carboxylic acids is 1. The molecule has 186 valence electrons. The molecule has 0 atom stereocenters. The van der Waals surface area contributed by atoms with Gasteiger partial charge in [-0.1, -0.05) is 36.6 Å². The van der Waals surface area contributed by atoms with Gasteiger partial charge in [0.15, 0.2) is 0 Å². The predicted octanol–water partition coefficient (Wildman–Crippen LogP) is 4.99. The molecule has 1 saturated heterocycles. The number of sulfonamides is 1. The van der Waals surface area contributed by atoms with Crippen LogP contribution in [-0.2, 0) is 14.8 Å². The zero-order valence-corrected chi connectivity index (χ0v) is 22.4. The van der Waals surface area contributed by atoms with Gasteiger partial charge in [-0.15, -0.1) is 0 Å². The molecule has 2 aromatic rings. The monoisotopic (exact) mass is 519 g/mol. The van der Waals surface area contributed by atoms with Gasteiger partial charge in [-0.25, -0.2) is 8.42 Å². The van der Waals surface area contributed by atoms with Crippen molar-refractivity contribution < 1.29 is 13.2 Å². The van der Waals surface area contributed by atoms with Crippen LogP contribution in [-0.4, -0.2) is 49.7 Å². The maximum absolute atomic E-state index is 13.7. The van der Waals surface area contributed by atoms with E-state index in [1.807, 2.05) is 45.1 Å². The van der Waals surface area contributed by atoms with Crippen molar-refractivity contribution >= 4 is 27.7 Å². The van der Waals surface area contributed by atoms with Crippen LogP contribution >= 0.6 is 11.8 Å². The topological polar surface area (TPSA) is 81.5 Å². The van der Waals surface area contributed by atoms with E-state index in [0.717, 1.165) is 27.2 Å². The lowest BCUT2D eigenvalue weighted by molar-refractivity contribution is -0.128. The molecule has 0 unspecified atom stereocenters. The zero-order chi connectivity index (χ0) is 26.0. The second kappa shape index (κ2) is 10.5. The largest absolute Gasteiger partial charge is 0.336 e. The van der Waals surface area contributed by atoms with E-state index in [1.165, 1.54) is 22.1 Å². The molecule has 1 fully saturated rings. The molecular weight excluding hydrogens is 490 g/mol. The summed E-state index contributed by atoms with van der Waals surface area (Å²) in [6.45, 7) is 11.0. The minimum Gasteiger partial charge on any atom is -0.336 e. The van der Waals surface area contributed by atoms with Crippen molar-refractivity contribution in [2.24, 2.45) is 0 Å². The predicted molar refractivity (Wildman–Crippen MR) is 142 cm³/mol. The number of allylic oxidation sites excluding steroid dienone is 4. The van der Waals surface area contributed by atoms with Crippen LogP contribution in [0.15, 0.2) is 86.5 Å². The molecule has 2 aliphatic rings. The molecular formula is C28H29N3O3S2. The molecule has 8 heteroatoms. The highest BCUT2D eigenvalue weighted by atomic mass is 32.2. The van der Waals surface area contributed by atoms with Crippen molar-refractivity contribution in [1.82, 2.24) is 9.21 Å². The standard InChI is InChI=1S/C28H29N3O3S2/c1-19-13-20(2)15-25(14-19)35-26-8-6-23(18-29)17-27(26)36(33,34)31-11-9-30(10-12-31)28(32)24-7-5-21(3)22(4)16-24/h5-8,13-15,17H,4,9-12,16H2,1-3H3. The maximum atomic E-state index is 13.7. The van der Waals surface area contributed by atoms with E-state index in [-0.39, 0.29) is 23.9 Å². The average Bonchev–Trinajstić information content (AvgIpc) is 2.85. The van der Waals surface area contributed by atoms with Gasteiger partial charge < -0.3 is 4.90 Å². The third-order valence-corrected chi connectivity index (χ3v) is 9.53. The third-order valence-electron chi connectivity index (χ3n) is 6.41. The first-order valence-electron chi connectivity index (χ1n) is 11.7. The molecule has 0 saturated carbocycles. The first kappa shape index (κ1) is 26.0. The fraction of sp³-hybridized carbons (Fsp3) is 0.286. The smallest absolute Gasteiger partial charge is 0.250 e. The van der Waals surface area contributed by atoms with E-state index in [4.69, 9.17) is 0 Å². The first-order valence-corrected chi connectivity index (χ1v) is 14.0. The zero-order valence-electron chi connectivity index (χ0n) is 20.7. The van der Waals surface area contributed by atoms with Gasteiger partial charge in [0.1, 0.15) is 0 Å². The van der Waals surface area contributed by atoms with Crippen LogP contribution in [0.1, 0.15) is 30.0 Å². The first-order chi connectivity index (χ1) is 17.1. The van der Waals surface area contributed by atoms with Crippen molar-refractivity contribution in [3.8, 4) is 6.07 Å². The van der Waals surface area contributed by atoms with Crippen LogP contribution in [0.2, 0.25) is 0 Å². The van der Waals surface area contributed by atoms with Crippen molar-refractivity contribution in [2.75, 3.05) is 26.2 Å². The number of hydrogen-bond donors (Lipinski definition) is 0. The lowest BCUT2D eigenvalue weighted by Crippen LogP contribution is -2.51. The highest BCUT2D eigenvalue weighted by Crippen LogP contribution is 2.36. The summed E-state index contributed by atoms with van der Waals surface area (Å²) in [4.78, 5) is 16.3. The molecule has 36 heavy (non-hydrogen) atoms. The van der Waals surface area contributed by atoms with Gasteiger partial charge in [-0.3, -0.25) is 4.79 Å². The number of nitrogens with zero attached hydrogens (tertiary/aromatic N) is 3. The van der Waals surface area contributed by atoms with Gasteiger partial charge >= 0.3 is 0 Å². The molecule has 1 aliphatic carbocycles. The van der Waals surface area contributed by atoms with Crippen LogP contribution in [0, 0.1) is 25.2 Å². The Bertz CT molecular complexity index is 1420. The molecule has 6 nitrogen and oxygen atoms in total. The summed E-state index contributed by atoms with van der Waals surface area (Å²) >= 11 is 1.38. The second-order valence-electron chi connectivity index (χ2n) is 9.22. The fourth-order valence-electron chi connectivity index (χ4n) is 4.37. The summed E-state index contributed by atoms with van der Waals surface area (Å²) in [7, 11) is -3.87. The summed E-state index contributed by atoms with van der Waals surface area (Å²) < 4.78 is 28.9. The minimum atomic E-state index is -3.87. The van der Waals surface area contributed by atoms with E-state index in [1.54, 1.807) is 17.0 Å². The summed E-state index contributed by atoms with van der Waals surface area (Å²) in [6, 6.07) is 12.9. The van der Waals surface area contributed by atoms with E-state index in [9.17, 15) is 18.5 Å². The summed E-state index contributed by atoms with van der Waals surface area (Å²) in [5, 5.41) is 9.42. The molecule has 2 aromatic carbocycles. The Morgan fingerprint density at radius 1 is 1.00 bits per heavy atom. The number of piperazine rings is 1. The fourth-order valence-corrected chi connectivity index (χ4v) is 7.38. The van der Waals surface area contributed by atoms with Crippen LogP contribution in [0.25, 0.3) is 0 Å². The van der Waals surface area contributed by atoms with Crippen LogP contribution in [0.5, 0.6) is 0 Å². The van der Waals surface area contributed by atoms with Crippen molar-refractivity contribution in [3.63, 3.8) is 0 Å². The molecule has 0 N–H and O–H groups in total. The summed E-state index contributed by atoms with van der Waals surface area (Å²) in [5.41, 5.74) is 5.15. The molecule has 4 rings (SSSR count). The van der Waals surface area contributed by atoms with Gasteiger partial charge in [0.25, 0.3) is 0 Å². The number of benzene rings is 2. The van der Waals surface area contributed by atoms with E-state index < -0.39 is 10.0 Å². The number of rotatable bonds is 5. The SMILES string of the molecule is C=C1CC(C(=O)N2CCN(S(=O)(=O)c3cc(C#N)ccc3Sc3cc(C)cc(C)c3)CC2)=CC=C1C. The Hall–Kier alpha value is -3.12. The van der Waals surface area contributed by atoms with Crippen LogP contribution < -0.4 is 0 Å². The van der Waals surface area contributed by atoms with Gasteiger partial charge in [0.2, 0.25) is 15.9 Å². The number of nitriles is 1. The van der Waals surface area contributed by atoms with Crippen molar-refractivity contribution in [2.45, 2.75) is 41.9 Å². The Kier molecular flexibility index (Phi) is 7.55. The molecule has 0 spiro atoms. The van der Waals surface area contributed by atoms with Gasteiger partial charge in [-0.05, 0) is 73.4 Å². The summed E-state index contributed by atoms with van der Waals surface area (Å²) in [5.74, 6) is -0.0745. The van der Waals surface area contributed by atoms with E-state index in [2.05, 4.69) is 18.7 Å². The maximum Gasteiger partial charge on any atom is 0.250 e. The number of carbonyl (C=O) groups is 1. The molecule has 1 amide bonds. The lowest BCUT2D eigenvalue weighted by atomic mass is 9.94. The Morgan fingerprint density at radius 3 is 2.28 bits per heavy atom. The van der Waals surface area contributed by atoms with E-state index >= 15 is 0 Å². The normalized spacial score (nSPS) is 16.8. The third kappa shape index (κ3) is 5.49. The van der Waals surface area contributed by atoms with Crippen LogP contribution in [0.4, 0.5) is 0 Å². The van der Waals surface area contributed by atoms with Gasteiger partial charge in [0, 0.05) is 48.0 Å². The van der Waals surface area contributed by atoms with E-state index in [0.29, 0.717) is 35.5 Å². The minimum absolute atomic E-state index is 0.0745. The van der Waals surface area contributed by atoms with Crippen molar-refractivity contribution in [1.29, 1.82) is 5.26 Å². The number of amides is 1. The summed E-state index contributed by atoms with van der Waals surface area (Å²) in [6.07, 6.45) is 4.25. The highest BCUT2D eigenvalue weighted by Gasteiger charge is 2.33. The average molecular weight is 520 g/mol. The van der Waals surface area contributed by atoms with Gasteiger partial charge in [-0.2, -0.15) is 9.57 Å². The molecule has 0 bridgehead atoms. The Morgan fingerprint density at radius 2 is 1.67 bits per heavy atom. The molecule has 1 aliphatic heterocycles. The highest BCUT2D eigenvalue weighted by molar-refractivity contribution is 8.00. The lowest BCUT2D eigenvalue weighted by Gasteiger charge is -2.35. The Labute approximate surface area is 217 Å². The number of aryl methyl sites for hydroxylation is 2.